The van der Waals surface area contributed by atoms with Gasteiger partial charge in [-0.1, -0.05) is 11.6 Å². The number of aromatic nitrogens is 2. The normalized spacial score (nSPS) is 9.50. The van der Waals surface area contributed by atoms with Crippen molar-refractivity contribution >= 4 is 17.4 Å². The molecule has 0 saturated heterocycles. The summed E-state index contributed by atoms with van der Waals surface area (Å²) in [5.74, 6) is 0.237. The van der Waals surface area contributed by atoms with E-state index in [1.807, 2.05) is 0 Å². The largest absolute Gasteiger partial charge is 0.469 e. The van der Waals surface area contributed by atoms with Gasteiger partial charge in [0.2, 0.25) is 5.88 Å². The van der Waals surface area contributed by atoms with Gasteiger partial charge in [0, 0.05) is 6.07 Å². The first-order valence-corrected chi connectivity index (χ1v) is 3.68. The Kier molecular flexibility index (Phi) is 2.99. The minimum absolute atomic E-state index is 0.0102. The van der Waals surface area contributed by atoms with Gasteiger partial charge in [-0.2, -0.15) is 0 Å². The lowest BCUT2D eigenvalue weighted by atomic mass is 10.5. The monoisotopic (exact) mass is 186 g/mol. The van der Waals surface area contributed by atoms with Crippen molar-refractivity contribution in [2.45, 2.75) is 6.92 Å². The third-order valence-corrected chi connectivity index (χ3v) is 1.23. The number of nitrogens with zero attached hydrogens (tertiary/aromatic N) is 2. The predicted octanol–water partition coefficient (Wildman–Crippen LogP) is 1.10. The van der Waals surface area contributed by atoms with Crippen LogP contribution in [-0.4, -0.2) is 22.6 Å². The van der Waals surface area contributed by atoms with E-state index in [-0.39, 0.29) is 12.4 Å². The smallest absolute Gasteiger partial charge is 0.233 e. The molecule has 12 heavy (non-hydrogen) atoms. The molecule has 0 aromatic carbocycles. The van der Waals surface area contributed by atoms with E-state index in [0.717, 1.165) is 0 Å². The van der Waals surface area contributed by atoms with Crippen LogP contribution in [0.25, 0.3) is 0 Å². The van der Waals surface area contributed by atoms with Crippen molar-refractivity contribution in [3.63, 3.8) is 0 Å². The van der Waals surface area contributed by atoms with Gasteiger partial charge in [0.1, 0.15) is 6.61 Å². The topological polar surface area (TPSA) is 52.1 Å². The third kappa shape index (κ3) is 2.84. The second-order valence-corrected chi connectivity index (χ2v) is 2.57. The van der Waals surface area contributed by atoms with Crippen molar-refractivity contribution in [1.29, 1.82) is 0 Å². The van der Waals surface area contributed by atoms with Crippen LogP contribution < -0.4 is 4.74 Å². The van der Waals surface area contributed by atoms with Crippen LogP contribution in [0, 0.1) is 0 Å². The van der Waals surface area contributed by atoms with Crippen LogP contribution in [0.2, 0.25) is 5.15 Å². The minimum Gasteiger partial charge on any atom is -0.469 e. The fourth-order valence-corrected chi connectivity index (χ4v) is 0.657. The van der Waals surface area contributed by atoms with Crippen LogP contribution in [-0.2, 0) is 4.79 Å². The minimum atomic E-state index is -0.0632. The summed E-state index contributed by atoms with van der Waals surface area (Å²) < 4.78 is 4.94. The van der Waals surface area contributed by atoms with Gasteiger partial charge in [-0.3, -0.25) is 4.79 Å². The fraction of sp³-hybridized carbons (Fsp3) is 0.286. The SMILES string of the molecule is CC(=O)COc1ccc(Cl)nn1. The number of rotatable bonds is 3. The maximum atomic E-state index is 10.5. The molecule has 0 aliphatic rings. The summed E-state index contributed by atoms with van der Waals surface area (Å²) in [6.07, 6.45) is 0. The summed E-state index contributed by atoms with van der Waals surface area (Å²) in [6, 6.07) is 3.10. The van der Waals surface area contributed by atoms with Crippen LogP contribution in [0.3, 0.4) is 0 Å². The van der Waals surface area contributed by atoms with Gasteiger partial charge < -0.3 is 4.74 Å². The molecule has 0 atom stereocenters. The van der Waals surface area contributed by atoms with E-state index >= 15 is 0 Å². The number of halogens is 1. The van der Waals surface area contributed by atoms with E-state index in [1.54, 1.807) is 12.1 Å². The Morgan fingerprint density at radius 1 is 1.58 bits per heavy atom. The first-order chi connectivity index (χ1) is 5.68. The molecule has 1 heterocycles. The molecule has 1 aromatic heterocycles. The zero-order valence-corrected chi connectivity index (χ0v) is 7.21. The van der Waals surface area contributed by atoms with E-state index in [2.05, 4.69) is 10.2 Å². The summed E-state index contributed by atoms with van der Waals surface area (Å²) in [6.45, 7) is 1.44. The predicted molar refractivity (Wildman–Crippen MR) is 43.2 cm³/mol. The number of ether oxygens (including phenoxy) is 1. The van der Waals surface area contributed by atoms with E-state index in [0.29, 0.717) is 11.0 Å². The van der Waals surface area contributed by atoms with Crippen molar-refractivity contribution in [1.82, 2.24) is 10.2 Å². The summed E-state index contributed by atoms with van der Waals surface area (Å²) >= 11 is 5.48. The van der Waals surface area contributed by atoms with Crippen LogP contribution in [0.1, 0.15) is 6.92 Å². The lowest BCUT2D eigenvalue weighted by Crippen LogP contribution is -2.07. The summed E-state index contributed by atoms with van der Waals surface area (Å²) in [5, 5.41) is 7.43. The summed E-state index contributed by atoms with van der Waals surface area (Å²) in [4.78, 5) is 10.5. The highest BCUT2D eigenvalue weighted by molar-refractivity contribution is 6.29. The van der Waals surface area contributed by atoms with Crippen LogP contribution in [0.15, 0.2) is 12.1 Å². The second kappa shape index (κ2) is 4.01. The lowest BCUT2D eigenvalue weighted by molar-refractivity contribution is -0.119. The van der Waals surface area contributed by atoms with E-state index in [9.17, 15) is 4.79 Å². The molecule has 1 rings (SSSR count). The first-order valence-electron chi connectivity index (χ1n) is 3.30. The van der Waals surface area contributed by atoms with Crippen molar-refractivity contribution < 1.29 is 9.53 Å². The zero-order chi connectivity index (χ0) is 8.97. The standard InChI is InChI=1S/C7H7ClN2O2/c1-5(11)4-12-7-3-2-6(8)9-10-7/h2-3H,4H2,1H3. The molecule has 0 bridgehead atoms. The molecule has 5 heteroatoms. The Morgan fingerprint density at radius 2 is 2.33 bits per heavy atom. The van der Waals surface area contributed by atoms with E-state index in [1.165, 1.54) is 6.92 Å². The molecule has 0 amide bonds. The maximum Gasteiger partial charge on any atom is 0.233 e. The molecule has 0 saturated carbocycles. The van der Waals surface area contributed by atoms with Crippen molar-refractivity contribution in [3.05, 3.63) is 17.3 Å². The molecule has 0 aliphatic heterocycles. The Morgan fingerprint density at radius 3 is 2.83 bits per heavy atom. The number of hydrogen-bond acceptors (Lipinski definition) is 4. The molecular formula is C7H7ClN2O2. The molecule has 0 aliphatic carbocycles. The van der Waals surface area contributed by atoms with E-state index < -0.39 is 0 Å². The Labute approximate surface area is 74.5 Å². The molecule has 0 radical (unpaired) electrons. The molecule has 0 unspecified atom stereocenters. The van der Waals surface area contributed by atoms with Crippen molar-refractivity contribution in [2.24, 2.45) is 0 Å². The Balaban J connectivity index is 2.53. The number of carbonyl (C=O) groups is 1. The molecular weight excluding hydrogens is 180 g/mol. The molecule has 1 aromatic rings. The van der Waals surface area contributed by atoms with Gasteiger partial charge in [-0.15, -0.1) is 10.2 Å². The summed E-state index contributed by atoms with van der Waals surface area (Å²) in [5.41, 5.74) is 0. The molecule has 4 nitrogen and oxygen atoms in total. The van der Waals surface area contributed by atoms with Gasteiger partial charge >= 0.3 is 0 Å². The molecule has 0 N–H and O–H groups in total. The Bertz CT molecular complexity index is 273. The van der Waals surface area contributed by atoms with Crippen LogP contribution in [0.4, 0.5) is 0 Å². The van der Waals surface area contributed by atoms with Crippen LogP contribution >= 0.6 is 11.6 Å². The average Bonchev–Trinajstić information content (AvgIpc) is 2.03. The number of Topliss-reactive ketones (excluding diaryl/α,β-unsaturated/α-hetero) is 1. The van der Waals surface area contributed by atoms with Gasteiger partial charge in [0.15, 0.2) is 10.9 Å². The van der Waals surface area contributed by atoms with Gasteiger partial charge in [-0.05, 0) is 13.0 Å². The highest BCUT2D eigenvalue weighted by Gasteiger charge is 1.98. The zero-order valence-electron chi connectivity index (χ0n) is 6.45. The van der Waals surface area contributed by atoms with Crippen molar-refractivity contribution in [3.8, 4) is 5.88 Å². The van der Waals surface area contributed by atoms with Crippen LogP contribution in [0.5, 0.6) is 5.88 Å². The molecule has 0 fully saturated rings. The second-order valence-electron chi connectivity index (χ2n) is 2.18. The van der Waals surface area contributed by atoms with Crippen molar-refractivity contribution in [2.75, 3.05) is 6.61 Å². The number of carbonyl (C=O) groups excluding carboxylic acids is 1. The molecule has 0 spiro atoms. The lowest BCUT2D eigenvalue weighted by Gasteiger charge is -1.99. The first kappa shape index (κ1) is 8.93. The highest BCUT2D eigenvalue weighted by atomic mass is 35.5. The third-order valence-electron chi connectivity index (χ3n) is 1.03. The van der Waals surface area contributed by atoms with E-state index in [4.69, 9.17) is 16.3 Å². The average molecular weight is 187 g/mol. The van der Waals surface area contributed by atoms with Gasteiger partial charge in [0.05, 0.1) is 0 Å². The van der Waals surface area contributed by atoms with Gasteiger partial charge in [0.25, 0.3) is 0 Å². The maximum absolute atomic E-state index is 10.5. The van der Waals surface area contributed by atoms with Gasteiger partial charge in [-0.25, -0.2) is 0 Å². The number of ketones is 1. The quantitative estimate of drug-likeness (QED) is 0.709. The number of hydrogen-bond donors (Lipinski definition) is 0. The highest BCUT2D eigenvalue weighted by Crippen LogP contribution is 2.07. The fourth-order valence-electron chi connectivity index (χ4n) is 0.556. The Hall–Kier alpha value is -1.16. The summed E-state index contributed by atoms with van der Waals surface area (Å²) in [7, 11) is 0. The molecule has 64 valence electrons.